The Kier molecular flexibility index (Phi) is 8.70. The van der Waals surface area contributed by atoms with E-state index in [2.05, 4.69) is 0 Å². The fraction of sp³-hybridized carbons (Fsp3) is 0.333. The Morgan fingerprint density at radius 1 is 1.17 bits per heavy atom. The van der Waals surface area contributed by atoms with Crippen LogP contribution in [0.15, 0.2) is 59.5 Å². The zero-order valence-corrected chi connectivity index (χ0v) is 18.6. The summed E-state index contributed by atoms with van der Waals surface area (Å²) < 4.78 is 34.9. The zero-order chi connectivity index (χ0) is 22.2. The van der Waals surface area contributed by atoms with Gasteiger partial charge in [0.25, 0.3) is 0 Å². The van der Waals surface area contributed by atoms with Gasteiger partial charge in [-0.1, -0.05) is 48.0 Å². The molecule has 2 aromatic carbocycles. The van der Waals surface area contributed by atoms with E-state index in [1.165, 1.54) is 12.1 Å². The van der Waals surface area contributed by atoms with Crippen LogP contribution in [0, 0.1) is 6.92 Å². The highest BCUT2D eigenvalue weighted by molar-refractivity contribution is 7.87. The maximum atomic E-state index is 12.5. The van der Waals surface area contributed by atoms with E-state index in [0.717, 1.165) is 16.9 Å². The molecule has 1 N–H and O–H groups in total. The number of ether oxygens (including phenoxy) is 1. The highest BCUT2D eigenvalue weighted by atomic mass is 32.2. The van der Waals surface area contributed by atoms with Crippen LogP contribution < -0.4 is 4.89 Å². The molecule has 0 fully saturated rings. The molecular formula is C21H25O7PS. The van der Waals surface area contributed by atoms with E-state index in [-0.39, 0.29) is 17.9 Å². The van der Waals surface area contributed by atoms with Crippen LogP contribution in [0.25, 0.3) is 0 Å². The first-order chi connectivity index (χ1) is 14.2. The summed E-state index contributed by atoms with van der Waals surface area (Å²) in [6, 6.07) is 15.3. The number of aryl methyl sites for hydroxylation is 2. The Balaban J connectivity index is 2.17. The van der Waals surface area contributed by atoms with E-state index in [1.54, 1.807) is 19.1 Å². The predicted molar refractivity (Wildman–Crippen MR) is 114 cm³/mol. The molecule has 0 amide bonds. The average Bonchev–Trinajstić information content (AvgIpc) is 2.72. The molecule has 0 bridgehead atoms. The lowest BCUT2D eigenvalue weighted by atomic mass is 9.96. The summed E-state index contributed by atoms with van der Waals surface area (Å²) in [6.45, 7) is 3.54. The van der Waals surface area contributed by atoms with Gasteiger partial charge in [0.15, 0.2) is 0 Å². The van der Waals surface area contributed by atoms with Crippen molar-refractivity contribution in [3.8, 4) is 0 Å². The number of carboxylic acid groups (broad SMARTS) is 1. The second-order valence-electron chi connectivity index (χ2n) is 6.67. The lowest BCUT2D eigenvalue weighted by molar-refractivity contribution is -0.160. The molecule has 2 unspecified atom stereocenters. The summed E-state index contributed by atoms with van der Waals surface area (Å²) in [5.41, 5.74) is -0.0194. The molecule has 7 nitrogen and oxygen atoms in total. The standard InChI is InChI=1S/C21H25O7PS/c1-3-27-21(20(22)23,14-13-18-7-5-4-6-8-18)15-29(24)16-28-30(25,26)19-11-9-17(2)10-12-19/h4-12,15H,3,13-14,16H2,1-2H3,(H,22,23). The molecule has 0 radical (unpaired) electrons. The van der Waals surface area contributed by atoms with Crippen molar-refractivity contribution in [1.29, 1.82) is 0 Å². The Hall–Kier alpha value is -2.09. The fourth-order valence-corrected chi connectivity index (χ4v) is 5.22. The van der Waals surface area contributed by atoms with Crippen LogP contribution in [-0.4, -0.2) is 43.8 Å². The molecule has 0 aromatic heterocycles. The van der Waals surface area contributed by atoms with Crippen molar-refractivity contribution in [3.05, 3.63) is 65.7 Å². The van der Waals surface area contributed by atoms with E-state index < -0.39 is 35.8 Å². The van der Waals surface area contributed by atoms with Crippen LogP contribution in [0.3, 0.4) is 0 Å². The normalized spacial score (nSPS) is 14.3. The van der Waals surface area contributed by atoms with Crippen LogP contribution in [0.5, 0.6) is 0 Å². The van der Waals surface area contributed by atoms with Crippen LogP contribution >= 0.6 is 7.77 Å². The molecule has 30 heavy (non-hydrogen) atoms. The molecule has 0 aliphatic rings. The predicted octanol–water partition coefficient (Wildman–Crippen LogP) is 2.71. The van der Waals surface area contributed by atoms with Gasteiger partial charge in [0.1, 0.15) is 5.80 Å². The number of benzene rings is 2. The summed E-state index contributed by atoms with van der Waals surface area (Å²) in [5, 5.41) is 9.77. The minimum atomic E-state index is -4.11. The van der Waals surface area contributed by atoms with Gasteiger partial charge in [-0.05, 0) is 44.4 Å². The first-order valence-electron chi connectivity index (χ1n) is 9.36. The fourth-order valence-electron chi connectivity index (χ4n) is 2.79. The van der Waals surface area contributed by atoms with Gasteiger partial charge in [-0.3, -0.25) is 0 Å². The maximum Gasteiger partial charge on any atom is 0.344 e. The number of carboxylic acids is 1. The summed E-state index contributed by atoms with van der Waals surface area (Å²) in [6.07, 6.45) is -0.236. The summed E-state index contributed by atoms with van der Waals surface area (Å²) >= 11 is 0. The van der Waals surface area contributed by atoms with Crippen molar-refractivity contribution in [1.82, 2.24) is 0 Å². The molecule has 0 aliphatic carbocycles. The highest BCUT2D eigenvalue weighted by Gasteiger charge is 2.40. The van der Waals surface area contributed by atoms with Crippen LogP contribution in [0.4, 0.5) is 0 Å². The maximum absolute atomic E-state index is 12.5. The summed E-state index contributed by atoms with van der Waals surface area (Å²) in [4.78, 5) is 24.5. The number of carbonyl (C=O) groups is 1. The molecule has 2 atom stereocenters. The SMILES string of the molecule is CCOC(C=[P+]([O-])COS(=O)(=O)c1ccc(C)cc1)(CCc1ccccc1)C(=O)O. The third-order valence-corrected chi connectivity index (χ3v) is 6.93. The van der Waals surface area contributed by atoms with E-state index in [0.29, 0.717) is 6.42 Å². The molecule has 0 spiro atoms. The molecule has 0 aliphatic heterocycles. The van der Waals surface area contributed by atoms with Gasteiger partial charge in [-0.2, -0.15) is 8.42 Å². The van der Waals surface area contributed by atoms with Crippen molar-refractivity contribution in [3.63, 3.8) is 0 Å². The van der Waals surface area contributed by atoms with Gasteiger partial charge in [0, 0.05) is 6.61 Å². The van der Waals surface area contributed by atoms with Gasteiger partial charge in [0.05, 0.1) is 12.7 Å². The van der Waals surface area contributed by atoms with Crippen molar-refractivity contribution in [2.75, 3.05) is 13.0 Å². The first-order valence-corrected chi connectivity index (χ1v) is 12.3. The Bertz CT molecular complexity index is 972. The average molecular weight is 452 g/mol. The first kappa shape index (κ1) is 24.2. The molecule has 0 saturated carbocycles. The Labute approximate surface area is 177 Å². The third kappa shape index (κ3) is 6.72. The third-order valence-electron chi connectivity index (χ3n) is 4.39. The van der Waals surface area contributed by atoms with Crippen molar-refractivity contribution >= 4 is 29.7 Å². The largest absolute Gasteiger partial charge is 0.629 e. The Morgan fingerprint density at radius 3 is 2.37 bits per heavy atom. The number of hydrogen-bond acceptors (Lipinski definition) is 6. The molecule has 9 heteroatoms. The monoisotopic (exact) mass is 452 g/mol. The highest BCUT2D eigenvalue weighted by Crippen LogP contribution is 2.25. The van der Waals surface area contributed by atoms with Gasteiger partial charge >= 0.3 is 16.1 Å². The second-order valence-corrected chi connectivity index (χ2v) is 9.64. The van der Waals surface area contributed by atoms with Gasteiger partial charge in [-0.25, -0.2) is 8.98 Å². The van der Waals surface area contributed by atoms with Gasteiger partial charge in [-0.15, -0.1) is 0 Å². The lowest BCUT2D eigenvalue weighted by Crippen LogP contribution is -2.44. The topological polar surface area (TPSA) is 113 Å². The second kappa shape index (κ2) is 10.8. The molecular weight excluding hydrogens is 427 g/mol. The van der Waals surface area contributed by atoms with Crippen molar-refractivity contribution < 1.29 is 32.1 Å². The quantitative estimate of drug-likeness (QED) is 0.412. The minimum absolute atomic E-state index is 0.0476. The molecule has 2 rings (SSSR count). The van der Waals surface area contributed by atoms with E-state index in [9.17, 15) is 23.2 Å². The number of rotatable bonds is 11. The van der Waals surface area contributed by atoms with E-state index in [4.69, 9.17) is 8.92 Å². The summed E-state index contributed by atoms with van der Waals surface area (Å²) in [7, 11) is -6.54. The molecule has 0 saturated heterocycles. The molecule has 0 heterocycles. The smallest absolute Gasteiger partial charge is 0.344 e. The molecule has 162 valence electrons. The minimum Gasteiger partial charge on any atom is -0.629 e. The lowest BCUT2D eigenvalue weighted by Gasteiger charge is -2.24. The molecule has 2 aromatic rings. The zero-order valence-electron chi connectivity index (χ0n) is 16.9. The summed E-state index contributed by atoms with van der Waals surface area (Å²) in [5.74, 6) is -0.244. The van der Waals surface area contributed by atoms with Crippen LogP contribution in [0.1, 0.15) is 24.5 Å². The van der Waals surface area contributed by atoms with Crippen molar-refractivity contribution in [2.24, 2.45) is 0 Å². The van der Waals surface area contributed by atoms with Crippen LogP contribution in [-0.2, 0) is 30.3 Å². The van der Waals surface area contributed by atoms with Gasteiger partial charge < -0.3 is 14.7 Å². The number of hydrogen-bond donors (Lipinski definition) is 1. The van der Waals surface area contributed by atoms with Crippen molar-refractivity contribution in [2.45, 2.75) is 37.2 Å². The van der Waals surface area contributed by atoms with E-state index >= 15 is 0 Å². The van der Waals surface area contributed by atoms with Gasteiger partial charge in [0.2, 0.25) is 11.9 Å². The number of aliphatic carboxylic acids is 1. The van der Waals surface area contributed by atoms with Crippen LogP contribution in [0.2, 0.25) is 0 Å². The Morgan fingerprint density at radius 2 is 1.80 bits per heavy atom. The van der Waals surface area contributed by atoms with E-state index in [1.807, 2.05) is 37.3 Å².